The van der Waals surface area contributed by atoms with Crippen LogP contribution in [0.3, 0.4) is 0 Å². The van der Waals surface area contributed by atoms with E-state index in [1.807, 2.05) is 36.4 Å². The maximum atomic E-state index is 12.6. The van der Waals surface area contributed by atoms with Crippen molar-refractivity contribution in [3.05, 3.63) is 77.9 Å². The number of aromatic nitrogens is 1. The Morgan fingerprint density at radius 3 is 2.79 bits per heavy atom. The van der Waals surface area contributed by atoms with Gasteiger partial charge >= 0.3 is 0 Å². The van der Waals surface area contributed by atoms with Crippen LogP contribution in [0.1, 0.15) is 15.9 Å². The van der Waals surface area contributed by atoms with Gasteiger partial charge in [-0.15, -0.1) is 11.3 Å². The number of carbonyl (C=O) groups is 1. The topological polar surface area (TPSA) is 60.5 Å². The van der Waals surface area contributed by atoms with E-state index in [1.54, 1.807) is 41.3 Å². The Labute approximate surface area is 175 Å². The van der Waals surface area contributed by atoms with Crippen molar-refractivity contribution in [2.45, 2.75) is 10.1 Å². The van der Waals surface area contributed by atoms with Crippen LogP contribution < -0.4 is 14.8 Å². The van der Waals surface area contributed by atoms with Crippen LogP contribution in [0, 0.1) is 0 Å². The van der Waals surface area contributed by atoms with E-state index in [9.17, 15) is 4.79 Å². The molecular formula is C22H16N2O3S2. The maximum Gasteiger partial charge on any atom is 0.255 e. The summed E-state index contributed by atoms with van der Waals surface area (Å²) in [5, 5.41) is 2.95. The third-order valence-corrected chi connectivity index (χ3v) is 6.70. The number of carbonyl (C=O) groups excluding carboxylic acids is 1. The van der Waals surface area contributed by atoms with E-state index in [4.69, 9.17) is 9.47 Å². The molecule has 0 bridgehead atoms. The normalized spacial score (nSPS) is 12.3. The molecule has 7 heteroatoms. The highest BCUT2D eigenvalue weighted by Crippen LogP contribution is 2.34. The van der Waals surface area contributed by atoms with Crippen molar-refractivity contribution in [3.8, 4) is 11.5 Å². The van der Waals surface area contributed by atoms with Crippen LogP contribution in [0.5, 0.6) is 11.5 Å². The number of thioether (sulfide) groups is 1. The van der Waals surface area contributed by atoms with Crippen molar-refractivity contribution in [2.75, 3.05) is 12.1 Å². The summed E-state index contributed by atoms with van der Waals surface area (Å²) in [6.07, 6.45) is 0. The molecule has 0 fully saturated rings. The molecule has 0 unspecified atom stereocenters. The summed E-state index contributed by atoms with van der Waals surface area (Å²) in [7, 11) is 0. The fraction of sp³-hybridized carbons (Fsp3) is 0.0909. The van der Waals surface area contributed by atoms with Crippen LogP contribution in [-0.4, -0.2) is 17.7 Å². The monoisotopic (exact) mass is 420 g/mol. The number of nitrogens with zero attached hydrogens (tertiary/aromatic N) is 1. The smallest absolute Gasteiger partial charge is 0.255 e. The molecule has 2 heterocycles. The molecule has 0 radical (unpaired) electrons. The summed E-state index contributed by atoms with van der Waals surface area (Å²) in [6, 6.07) is 21.3. The lowest BCUT2D eigenvalue weighted by Gasteiger charge is -2.06. The zero-order chi connectivity index (χ0) is 19.6. The predicted molar refractivity (Wildman–Crippen MR) is 116 cm³/mol. The number of nitrogens with one attached hydrogen (secondary N) is 1. The Morgan fingerprint density at radius 1 is 1.03 bits per heavy atom. The minimum absolute atomic E-state index is 0.188. The van der Waals surface area contributed by atoms with Gasteiger partial charge < -0.3 is 14.8 Å². The SMILES string of the molecule is O=C(Nc1ccc2nc(SCc3ccccc3)sc2c1)c1ccc2c(c1)OCO2. The number of amides is 1. The zero-order valence-electron chi connectivity index (χ0n) is 15.3. The first-order valence-corrected chi connectivity index (χ1v) is 10.8. The van der Waals surface area contributed by atoms with Crippen LogP contribution in [-0.2, 0) is 5.75 Å². The Kier molecular flexibility index (Phi) is 4.83. The maximum absolute atomic E-state index is 12.6. The molecule has 1 aliphatic heterocycles. The van der Waals surface area contributed by atoms with Gasteiger partial charge in [-0.3, -0.25) is 4.79 Å². The van der Waals surface area contributed by atoms with Crippen LogP contribution in [0.15, 0.2) is 71.1 Å². The molecule has 1 amide bonds. The molecule has 0 saturated carbocycles. The third kappa shape index (κ3) is 3.92. The van der Waals surface area contributed by atoms with Crippen molar-refractivity contribution in [1.82, 2.24) is 4.98 Å². The molecule has 0 aliphatic carbocycles. The van der Waals surface area contributed by atoms with Crippen molar-refractivity contribution in [2.24, 2.45) is 0 Å². The summed E-state index contributed by atoms with van der Waals surface area (Å²) < 4.78 is 12.7. The first-order chi connectivity index (χ1) is 14.2. The largest absolute Gasteiger partial charge is 0.454 e. The molecule has 0 spiro atoms. The van der Waals surface area contributed by atoms with Crippen molar-refractivity contribution in [1.29, 1.82) is 0 Å². The molecule has 0 atom stereocenters. The van der Waals surface area contributed by atoms with E-state index < -0.39 is 0 Å². The molecule has 4 aromatic rings. The minimum Gasteiger partial charge on any atom is -0.454 e. The second-order valence-corrected chi connectivity index (χ2v) is 8.71. The number of ether oxygens (including phenoxy) is 2. The number of rotatable bonds is 5. The first-order valence-electron chi connectivity index (χ1n) is 9.03. The fourth-order valence-electron chi connectivity index (χ4n) is 3.00. The van der Waals surface area contributed by atoms with Gasteiger partial charge in [0.1, 0.15) is 0 Å². The van der Waals surface area contributed by atoms with Gasteiger partial charge in [0.25, 0.3) is 5.91 Å². The van der Waals surface area contributed by atoms with Gasteiger partial charge in [-0.2, -0.15) is 0 Å². The van der Waals surface area contributed by atoms with Crippen molar-refractivity contribution < 1.29 is 14.3 Å². The summed E-state index contributed by atoms with van der Waals surface area (Å²) >= 11 is 3.36. The second kappa shape index (κ2) is 7.77. The lowest BCUT2D eigenvalue weighted by atomic mass is 10.2. The van der Waals surface area contributed by atoms with Gasteiger partial charge in [0.15, 0.2) is 15.8 Å². The molecule has 0 saturated heterocycles. The fourth-order valence-corrected chi connectivity index (χ4v) is 5.07. The Morgan fingerprint density at radius 2 is 1.90 bits per heavy atom. The molecule has 29 heavy (non-hydrogen) atoms. The lowest BCUT2D eigenvalue weighted by Crippen LogP contribution is -2.11. The average Bonchev–Trinajstić information content (AvgIpc) is 3.38. The number of benzene rings is 3. The van der Waals surface area contributed by atoms with Gasteiger partial charge in [0.05, 0.1) is 10.2 Å². The van der Waals surface area contributed by atoms with Gasteiger partial charge in [0, 0.05) is 17.0 Å². The number of thiazole rings is 1. The van der Waals surface area contributed by atoms with Crippen molar-refractivity contribution >= 4 is 44.9 Å². The van der Waals surface area contributed by atoms with Gasteiger partial charge in [-0.05, 0) is 42.0 Å². The van der Waals surface area contributed by atoms with Crippen LogP contribution in [0.2, 0.25) is 0 Å². The van der Waals surface area contributed by atoms with Crippen LogP contribution >= 0.6 is 23.1 Å². The van der Waals surface area contributed by atoms with E-state index in [0.29, 0.717) is 17.1 Å². The molecule has 1 aromatic heterocycles. The molecule has 5 rings (SSSR count). The highest BCUT2D eigenvalue weighted by Gasteiger charge is 2.16. The predicted octanol–water partition coefficient (Wildman–Crippen LogP) is 5.57. The van der Waals surface area contributed by atoms with E-state index in [1.165, 1.54) is 5.56 Å². The molecule has 1 aliphatic rings. The first kappa shape index (κ1) is 18.0. The Bertz CT molecular complexity index is 1190. The van der Waals surface area contributed by atoms with E-state index in [-0.39, 0.29) is 12.7 Å². The highest BCUT2D eigenvalue weighted by atomic mass is 32.2. The summed E-state index contributed by atoms with van der Waals surface area (Å²) in [5.74, 6) is 1.95. The second-order valence-electron chi connectivity index (χ2n) is 6.46. The van der Waals surface area contributed by atoms with Crippen LogP contribution in [0.25, 0.3) is 10.2 Å². The minimum atomic E-state index is -0.189. The van der Waals surface area contributed by atoms with Gasteiger partial charge in [-0.1, -0.05) is 42.1 Å². The molecule has 1 N–H and O–H groups in total. The van der Waals surface area contributed by atoms with E-state index >= 15 is 0 Å². The number of hydrogen-bond donors (Lipinski definition) is 1. The number of anilines is 1. The lowest BCUT2D eigenvalue weighted by molar-refractivity contribution is 0.102. The quantitative estimate of drug-likeness (QED) is 0.428. The number of hydrogen-bond acceptors (Lipinski definition) is 6. The van der Waals surface area contributed by atoms with E-state index in [2.05, 4.69) is 22.4 Å². The van der Waals surface area contributed by atoms with E-state index in [0.717, 1.165) is 26.0 Å². The van der Waals surface area contributed by atoms with Crippen molar-refractivity contribution in [3.63, 3.8) is 0 Å². The average molecular weight is 421 g/mol. The Hall–Kier alpha value is -3.03. The van der Waals surface area contributed by atoms with Gasteiger partial charge in [-0.25, -0.2) is 4.98 Å². The standard InChI is InChI=1S/C22H16N2O3S2/c25-21(15-6-9-18-19(10-15)27-13-26-18)23-16-7-8-17-20(11-16)29-22(24-17)28-12-14-4-2-1-3-5-14/h1-11H,12-13H2,(H,23,25). The molecule has 3 aromatic carbocycles. The van der Waals surface area contributed by atoms with Gasteiger partial charge in [0.2, 0.25) is 6.79 Å². The molecular weight excluding hydrogens is 404 g/mol. The number of fused-ring (bicyclic) bond motifs is 2. The van der Waals surface area contributed by atoms with Crippen LogP contribution in [0.4, 0.5) is 5.69 Å². The summed E-state index contributed by atoms with van der Waals surface area (Å²) in [4.78, 5) is 17.3. The summed E-state index contributed by atoms with van der Waals surface area (Å²) in [6.45, 7) is 0.188. The molecule has 5 nitrogen and oxygen atoms in total. The Balaban J connectivity index is 1.30. The molecule has 144 valence electrons. The highest BCUT2D eigenvalue weighted by molar-refractivity contribution is 8.00. The zero-order valence-corrected chi connectivity index (χ0v) is 16.9. The third-order valence-electron chi connectivity index (χ3n) is 4.47. The summed E-state index contributed by atoms with van der Waals surface area (Å²) in [5.41, 5.74) is 3.47.